The van der Waals surface area contributed by atoms with Crippen molar-refractivity contribution in [3.8, 4) is 22.6 Å². The first-order valence-corrected chi connectivity index (χ1v) is 5.76. The molecule has 0 heterocycles. The van der Waals surface area contributed by atoms with Crippen molar-refractivity contribution in [2.45, 2.75) is 0 Å². The Morgan fingerprint density at radius 3 is 2.22 bits per heavy atom. The lowest BCUT2D eigenvalue weighted by molar-refractivity contribution is 0.412. The number of benzene rings is 2. The molecule has 2 rings (SSSR count). The third kappa shape index (κ3) is 2.40. The first kappa shape index (κ1) is 12.3. The Balaban J connectivity index is 2.41. The van der Waals surface area contributed by atoms with E-state index in [1.54, 1.807) is 19.2 Å². The Morgan fingerprint density at radius 2 is 1.67 bits per heavy atom. The standard InChI is InChI=1S/C15H17NO2/c1-16(2)12-6-4-11(5-7-12)14-10-13(18-3)8-9-15(14)17/h4-10,17H,1-3H3. The lowest BCUT2D eigenvalue weighted by Gasteiger charge is -2.13. The van der Waals surface area contributed by atoms with Crippen LogP contribution in [0.15, 0.2) is 42.5 Å². The molecule has 0 aliphatic rings. The molecule has 0 amide bonds. The summed E-state index contributed by atoms with van der Waals surface area (Å²) < 4.78 is 5.17. The molecular formula is C15H17NO2. The second-order valence-corrected chi connectivity index (χ2v) is 4.32. The number of phenolic OH excluding ortho intramolecular Hbond substituents is 1. The molecule has 1 N–H and O–H groups in total. The molecule has 0 saturated carbocycles. The fourth-order valence-electron chi connectivity index (χ4n) is 1.81. The van der Waals surface area contributed by atoms with Crippen LogP contribution < -0.4 is 9.64 Å². The van der Waals surface area contributed by atoms with Gasteiger partial charge in [0.05, 0.1) is 7.11 Å². The maximum atomic E-state index is 9.90. The van der Waals surface area contributed by atoms with E-state index in [2.05, 4.69) is 0 Å². The van der Waals surface area contributed by atoms with Crippen LogP contribution >= 0.6 is 0 Å². The van der Waals surface area contributed by atoms with Crippen LogP contribution in [-0.4, -0.2) is 26.3 Å². The smallest absolute Gasteiger partial charge is 0.123 e. The molecule has 0 bridgehead atoms. The van der Waals surface area contributed by atoms with Gasteiger partial charge in [0, 0.05) is 25.3 Å². The zero-order valence-electron chi connectivity index (χ0n) is 10.8. The highest BCUT2D eigenvalue weighted by atomic mass is 16.5. The van der Waals surface area contributed by atoms with Gasteiger partial charge in [-0.1, -0.05) is 12.1 Å². The van der Waals surface area contributed by atoms with E-state index in [9.17, 15) is 5.11 Å². The summed E-state index contributed by atoms with van der Waals surface area (Å²) in [6.07, 6.45) is 0. The average molecular weight is 243 g/mol. The number of hydrogen-bond donors (Lipinski definition) is 1. The van der Waals surface area contributed by atoms with Crippen molar-refractivity contribution in [1.82, 2.24) is 0 Å². The lowest BCUT2D eigenvalue weighted by Crippen LogP contribution is -2.07. The Bertz CT molecular complexity index is 533. The number of methoxy groups -OCH3 is 1. The van der Waals surface area contributed by atoms with Gasteiger partial charge in [-0.05, 0) is 35.9 Å². The molecule has 0 fully saturated rings. The zero-order chi connectivity index (χ0) is 13.1. The predicted octanol–water partition coefficient (Wildman–Crippen LogP) is 3.13. The molecule has 3 nitrogen and oxygen atoms in total. The van der Waals surface area contributed by atoms with E-state index < -0.39 is 0 Å². The number of nitrogens with zero attached hydrogens (tertiary/aromatic N) is 1. The Hall–Kier alpha value is -2.16. The second kappa shape index (κ2) is 5.00. The molecule has 94 valence electrons. The fraction of sp³-hybridized carbons (Fsp3) is 0.200. The summed E-state index contributed by atoms with van der Waals surface area (Å²) in [5.41, 5.74) is 2.87. The Kier molecular flexibility index (Phi) is 3.42. The minimum Gasteiger partial charge on any atom is -0.507 e. The summed E-state index contributed by atoms with van der Waals surface area (Å²) in [5.74, 6) is 0.993. The van der Waals surface area contributed by atoms with Gasteiger partial charge in [-0.15, -0.1) is 0 Å². The SMILES string of the molecule is COc1ccc(O)c(-c2ccc(N(C)C)cc2)c1. The molecule has 0 radical (unpaired) electrons. The van der Waals surface area contributed by atoms with E-state index in [-0.39, 0.29) is 5.75 Å². The third-order valence-electron chi connectivity index (χ3n) is 2.90. The van der Waals surface area contributed by atoms with Crippen LogP contribution in [-0.2, 0) is 0 Å². The number of ether oxygens (including phenoxy) is 1. The molecule has 0 aromatic heterocycles. The summed E-state index contributed by atoms with van der Waals surface area (Å²) in [6, 6.07) is 13.2. The number of hydrogen-bond acceptors (Lipinski definition) is 3. The molecule has 0 atom stereocenters. The van der Waals surface area contributed by atoms with Crippen molar-refractivity contribution in [2.75, 3.05) is 26.1 Å². The highest BCUT2D eigenvalue weighted by Gasteiger charge is 2.06. The first-order chi connectivity index (χ1) is 8.61. The molecule has 2 aromatic carbocycles. The largest absolute Gasteiger partial charge is 0.507 e. The second-order valence-electron chi connectivity index (χ2n) is 4.32. The predicted molar refractivity (Wildman–Crippen MR) is 74.4 cm³/mol. The molecule has 2 aromatic rings. The van der Waals surface area contributed by atoms with Crippen molar-refractivity contribution >= 4 is 5.69 Å². The quantitative estimate of drug-likeness (QED) is 0.899. The maximum Gasteiger partial charge on any atom is 0.123 e. The summed E-state index contributed by atoms with van der Waals surface area (Å²) in [4.78, 5) is 2.04. The zero-order valence-corrected chi connectivity index (χ0v) is 10.8. The minimum absolute atomic E-state index is 0.258. The van der Waals surface area contributed by atoms with Gasteiger partial charge in [-0.25, -0.2) is 0 Å². The summed E-state index contributed by atoms with van der Waals surface area (Å²) in [5, 5.41) is 9.90. The molecule has 0 unspecified atom stereocenters. The van der Waals surface area contributed by atoms with E-state index in [1.165, 1.54) is 0 Å². The van der Waals surface area contributed by atoms with E-state index in [0.29, 0.717) is 0 Å². The Labute approximate surface area is 107 Å². The van der Waals surface area contributed by atoms with Crippen molar-refractivity contribution in [1.29, 1.82) is 0 Å². The van der Waals surface area contributed by atoms with Crippen LogP contribution in [0.1, 0.15) is 0 Å². The van der Waals surface area contributed by atoms with Crippen LogP contribution in [0.5, 0.6) is 11.5 Å². The summed E-state index contributed by atoms with van der Waals surface area (Å²) >= 11 is 0. The van der Waals surface area contributed by atoms with E-state index in [4.69, 9.17) is 4.74 Å². The number of rotatable bonds is 3. The van der Waals surface area contributed by atoms with Gasteiger partial charge in [-0.2, -0.15) is 0 Å². The molecule has 0 aliphatic carbocycles. The maximum absolute atomic E-state index is 9.90. The van der Waals surface area contributed by atoms with Gasteiger partial charge in [0.15, 0.2) is 0 Å². The molecule has 0 saturated heterocycles. The number of aromatic hydroxyl groups is 1. The summed E-state index contributed by atoms with van der Waals surface area (Å²) in [6.45, 7) is 0. The van der Waals surface area contributed by atoms with Crippen molar-refractivity contribution in [3.05, 3.63) is 42.5 Å². The molecule has 0 aliphatic heterocycles. The molecule has 18 heavy (non-hydrogen) atoms. The fourth-order valence-corrected chi connectivity index (χ4v) is 1.81. The first-order valence-electron chi connectivity index (χ1n) is 5.76. The monoisotopic (exact) mass is 243 g/mol. The molecule has 0 spiro atoms. The Morgan fingerprint density at radius 1 is 1.00 bits per heavy atom. The molecular weight excluding hydrogens is 226 g/mol. The third-order valence-corrected chi connectivity index (χ3v) is 2.90. The van der Waals surface area contributed by atoms with Crippen LogP contribution in [0.3, 0.4) is 0 Å². The van der Waals surface area contributed by atoms with Crippen LogP contribution in [0.25, 0.3) is 11.1 Å². The van der Waals surface area contributed by atoms with Crippen molar-refractivity contribution in [2.24, 2.45) is 0 Å². The highest BCUT2D eigenvalue weighted by molar-refractivity contribution is 5.73. The van der Waals surface area contributed by atoms with Crippen molar-refractivity contribution in [3.63, 3.8) is 0 Å². The highest BCUT2D eigenvalue weighted by Crippen LogP contribution is 2.33. The van der Waals surface area contributed by atoms with Crippen LogP contribution in [0.4, 0.5) is 5.69 Å². The van der Waals surface area contributed by atoms with Gasteiger partial charge in [0.1, 0.15) is 11.5 Å². The van der Waals surface area contributed by atoms with E-state index in [1.807, 2.05) is 49.3 Å². The van der Waals surface area contributed by atoms with Gasteiger partial charge in [-0.3, -0.25) is 0 Å². The normalized spacial score (nSPS) is 10.2. The van der Waals surface area contributed by atoms with Gasteiger partial charge >= 0.3 is 0 Å². The lowest BCUT2D eigenvalue weighted by atomic mass is 10.0. The minimum atomic E-state index is 0.258. The number of phenols is 1. The van der Waals surface area contributed by atoms with Gasteiger partial charge in [0.25, 0.3) is 0 Å². The van der Waals surface area contributed by atoms with E-state index >= 15 is 0 Å². The van der Waals surface area contributed by atoms with Crippen LogP contribution in [0.2, 0.25) is 0 Å². The number of anilines is 1. The summed E-state index contributed by atoms with van der Waals surface area (Å²) in [7, 11) is 5.61. The average Bonchev–Trinajstić information content (AvgIpc) is 2.39. The van der Waals surface area contributed by atoms with Crippen molar-refractivity contribution < 1.29 is 9.84 Å². The molecule has 3 heteroatoms. The van der Waals surface area contributed by atoms with Crippen LogP contribution in [0, 0.1) is 0 Å². The topological polar surface area (TPSA) is 32.7 Å². The van der Waals surface area contributed by atoms with Gasteiger partial charge < -0.3 is 14.7 Å². The van der Waals surface area contributed by atoms with Gasteiger partial charge in [0.2, 0.25) is 0 Å². The van der Waals surface area contributed by atoms with E-state index in [0.717, 1.165) is 22.6 Å².